The van der Waals surface area contributed by atoms with Gasteiger partial charge in [0.1, 0.15) is 5.82 Å². The van der Waals surface area contributed by atoms with Gasteiger partial charge in [-0.3, -0.25) is 0 Å². The van der Waals surface area contributed by atoms with E-state index in [1.54, 1.807) is 6.07 Å². The average molecular weight is 257 g/mol. The molecule has 2 aromatic carbocycles. The van der Waals surface area contributed by atoms with Crippen molar-refractivity contribution < 1.29 is 4.39 Å². The molecule has 0 aliphatic carbocycles. The third kappa shape index (κ3) is 3.02. The molecular weight excluding hydrogens is 237 g/mol. The van der Waals surface area contributed by atoms with E-state index in [1.165, 1.54) is 17.2 Å². The molecule has 19 heavy (non-hydrogen) atoms. The standard InChI is InChI=1S/C17H20FN/c1-4-19-17(15-7-5-6-8-16(15)18)14-10-9-12(2)13(3)11-14/h5-11,17,19H,4H2,1-3H3. The maximum absolute atomic E-state index is 14.0. The molecule has 0 radical (unpaired) electrons. The predicted octanol–water partition coefficient (Wildman–Crippen LogP) is 4.14. The molecule has 0 spiro atoms. The Labute approximate surface area is 114 Å². The largest absolute Gasteiger partial charge is 0.306 e. The first-order valence-corrected chi connectivity index (χ1v) is 6.68. The second-order valence-electron chi connectivity index (χ2n) is 4.86. The molecule has 1 N–H and O–H groups in total. The molecule has 0 aliphatic heterocycles. The van der Waals surface area contributed by atoms with E-state index >= 15 is 0 Å². The number of hydrogen-bond acceptors (Lipinski definition) is 1. The summed E-state index contributed by atoms with van der Waals surface area (Å²) < 4.78 is 14.0. The van der Waals surface area contributed by atoms with Gasteiger partial charge in [-0.05, 0) is 43.1 Å². The Hall–Kier alpha value is -1.67. The SMILES string of the molecule is CCNC(c1ccc(C)c(C)c1)c1ccccc1F. The second kappa shape index (κ2) is 5.98. The highest BCUT2D eigenvalue weighted by Gasteiger charge is 2.16. The molecule has 100 valence electrons. The summed E-state index contributed by atoms with van der Waals surface area (Å²) in [6, 6.07) is 13.2. The summed E-state index contributed by atoms with van der Waals surface area (Å²) in [6.07, 6.45) is 0. The first-order chi connectivity index (χ1) is 9.13. The Morgan fingerprint density at radius 2 is 1.79 bits per heavy atom. The lowest BCUT2D eigenvalue weighted by atomic mass is 9.95. The zero-order chi connectivity index (χ0) is 13.8. The van der Waals surface area contributed by atoms with Gasteiger partial charge in [0.15, 0.2) is 0 Å². The number of halogens is 1. The summed E-state index contributed by atoms with van der Waals surface area (Å²) in [6.45, 7) is 7.01. The Balaban J connectivity index is 2.45. The van der Waals surface area contributed by atoms with Crippen LogP contribution in [0.1, 0.15) is 35.2 Å². The molecule has 0 saturated heterocycles. The Morgan fingerprint density at radius 3 is 2.42 bits per heavy atom. The zero-order valence-electron chi connectivity index (χ0n) is 11.7. The molecule has 2 heteroatoms. The summed E-state index contributed by atoms with van der Waals surface area (Å²) in [5.74, 6) is -0.160. The summed E-state index contributed by atoms with van der Waals surface area (Å²) >= 11 is 0. The van der Waals surface area contributed by atoms with E-state index in [-0.39, 0.29) is 11.9 Å². The van der Waals surface area contributed by atoms with E-state index in [0.717, 1.165) is 12.1 Å². The third-order valence-corrected chi connectivity index (χ3v) is 3.49. The number of nitrogens with one attached hydrogen (secondary N) is 1. The lowest BCUT2D eigenvalue weighted by Gasteiger charge is -2.20. The molecule has 0 aliphatic rings. The molecule has 0 amide bonds. The minimum Gasteiger partial charge on any atom is -0.306 e. The number of aryl methyl sites for hydroxylation is 2. The van der Waals surface area contributed by atoms with Crippen LogP contribution in [0.2, 0.25) is 0 Å². The highest BCUT2D eigenvalue weighted by Crippen LogP contribution is 2.25. The zero-order valence-corrected chi connectivity index (χ0v) is 11.7. The van der Waals surface area contributed by atoms with Crippen LogP contribution in [0.15, 0.2) is 42.5 Å². The van der Waals surface area contributed by atoms with E-state index in [0.29, 0.717) is 5.56 Å². The van der Waals surface area contributed by atoms with Crippen LogP contribution in [0, 0.1) is 19.7 Å². The van der Waals surface area contributed by atoms with E-state index in [4.69, 9.17) is 0 Å². The van der Waals surface area contributed by atoms with Gasteiger partial charge in [0, 0.05) is 5.56 Å². The third-order valence-electron chi connectivity index (χ3n) is 3.49. The monoisotopic (exact) mass is 257 g/mol. The van der Waals surface area contributed by atoms with Crippen LogP contribution >= 0.6 is 0 Å². The van der Waals surface area contributed by atoms with E-state index in [9.17, 15) is 4.39 Å². The molecule has 0 saturated carbocycles. The summed E-state index contributed by atoms with van der Waals surface area (Å²) in [5, 5.41) is 3.36. The smallest absolute Gasteiger partial charge is 0.128 e. The maximum atomic E-state index is 14.0. The van der Waals surface area contributed by atoms with E-state index < -0.39 is 0 Å². The molecule has 0 aromatic heterocycles. The van der Waals surface area contributed by atoms with Crippen molar-refractivity contribution in [1.29, 1.82) is 0 Å². The molecule has 1 unspecified atom stereocenters. The van der Waals surface area contributed by atoms with Crippen molar-refractivity contribution in [2.75, 3.05) is 6.54 Å². The van der Waals surface area contributed by atoms with Crippen LogP contribution in [0.3, 0.4) is 0 Å². The van der Waals surface area contributed by atoms with Gasteiger partial charge in [0.05, 0.1) is 6.04 Å². The van der Waals surface area contributed by atoms with Crippen LogP contribution in [0.4, 0.5) is 4.39 Å². The Bertz CT molecular complexity index is 563. The van der Waals surface area contributed by atoms with Crippen LogP contribution < -0.4 is 5.32 Å². The van der Waals surface area contributed by atoms with Crippen molar-refractivity contribution in [3.05, 3.63) is 70.5 Å². The summed E-state index contributed by atoms with van der Waals surface area (Å²) in [4.78, 5) is 0. The van der Waals surface area contributed by atoms with Crippen LogP contribution in [-0.4, -0.2) is 6.54 Å². The van der Waals surface area contributed by atoms with Crippen LogP contribution in [0.25, 0.3) is 0 Å². The highest BCUT2D eigenvalue weighted by molar-refractivity contribution is 5.37. The highest BCUT2D eigenvalue weighted by atomic mass is 19.1. The molecule has 0 bridgehead atoms. The fourth-order valence-corrected chi connectivity index (χ4v) is 2.26. The first kappa shape index (κ1) is 13.8. The van der Waals surface area contributed by atoms with Gasteiger partial charge in [0.25, 0.3) is 0 Å². The maximum Gasteiger partial charge on any atom is 0.128 e. The van der Waals surface area contributed by atoms with Gasteiger partial charge in [-0.2, -0.15) is 0 Å². The van der Waals surface area contributed by atoms with Crippen LogP contribution in [0.5, 0.6) is 0 Å². The normalized spacial score (nSPS) is 12.4. The lowest BCUT2D eigenvalue weighted by Crippen LogP contribution is -2.23. The van der Waals surface area contributed by atoms with E-state index in [2.05, 4.69) is 37.4 Å². The molecule has 2 rings (SSSR count). The van der Waals surface area contributed by atoms with Crippen LogP contribution in [-0.2, 0) is 0 Å². The van der Waals surface area contributed by atoms with Gasteiger partial charge >= 0.3 is 0 Å². The molecule has 1 nitrogen and oxygen atoms in total. The van der Waals surface area contributed by atoms with Crippen molar-refractivity contribution >= 4 is 0 Å². The lowest BCUT2D eigenvalue weighted by molar-refractivity contribution is 0.559. The van der Waals surface area contributed by atoms with Crippen molar-refractivity contribution in [1.82, 2.24) is 5.32 Å². The minimum atomic E-state index is -0.160. The van der Waals surface area contributed by atoms with Gasteiger partial charge < -0.3 is 5.32 Å². The second-order valence-corrected chi connectivity index (χ2v) is 4.86. The predicted molar refractivity (Wildman–Crippen MR) is 77.8 cm³/mol. The fraction of sp³-hybridized carbons (Fsp3) is 0.294. The summed E-state index contributed by atoms with van der Waals surface area (Å²) in [5.41, 5.74) is 4.30. The number of benzene rings is 2. The minimum absolute atomic E-state index is 0.0921. The molecular formula is C17H20FN. The number of rotatable bonds is 4. The first-order valence-electron chi connectivity index (χ1n) is 6.68. The molecule has 2 aromatic rings. The molecule has 0 heterocycles. The van der Waals surface area contributed by atoms with Crippen molar-refractivity contribution in [3.8, 4) is 0 Å². The van der Waals surface area contributed by atoms with Crippen molar-refractivity contribution in [3.63, 3.8) is 0 Å². The molecule has 1 atom stereocenters. The van der Waals surface area contributed by atoms with Gasteiger partial charge in [-0.15, -0.1) is 0 Å². The topological polar surface area (TPSA) is 12.0 Å². The summed E-state index contributed by atoms with van der Waals surface area (Å²) in [7, 11) is 0. The van der Waals surface area contributed by atoms with E-state index in [1.807, 2.05) is 19.1 Å². The number of hydrogen-bond donors (Lipinski definition) is 1. The molecule has 0 fully saturated rings. The van der Waals surface area contributed by atoms with Gasteiger partial charge in [-0.1, -0.05) is 43.3 Å². The fourth-order valence-electron chi connectivity index (χ4n) is 2.26. The average Bonchev–Trinajstić information content (AvgIpc) is 2.40. The van der Waals surface area contributed by atoms with Gasteiger partial charge in [-0.25, -0.2) is 4.39 Å². The van der Waals surface area contributed by atoms with Crippen molar-refractivity contribution in [2.24, 2.45) is 0 Å². The Morgan fingerprint density at radius 1 is 1.05 bits per heavy atom. The van der Waals surface area contributed by atoms with Gasteiger partial charge in [0.2, 0.25) is 0 Å². The van der Waals surface area contributed by atoms with Crippen molar-refractivity contribution in [2.45, 2.75) is 26.8 Å². The Kier molecular flexibility index (Phi) is 4.33. The quantitative estimate of drug-likeness (QED) is 0.868.